The van der Waals surface area contributed by atoms with Crippen LogP contribution in [0.2, 0.25) is 0 Å². The third kappa shape index (κ3) is 5.72. The number of rotatable bonds is 7. The summed E-state index contributed by atoms with van der Waals surface area (Å²) in [6, 6.07) is 10.6. The molecule has 0 saturated carbocycles. The molecule has 0 spiro atoms. The van der Waals surface area contributed by atoms with Gasteiger partial charge in [0.05, 0.1) is 13.2 Å². The average molecular weight is 263 g/mol. The fourth-order valence-electron chi connectivity index (χ4n) is 2.37. The Morgan fingerprint density at radius 1 is 1.11 bits per heavy atom. The zero-order chi connectivity index (χ0) is 13.3. The van der Waals surface area contributed by atoms with Crippen LogP contribution in [0.25, 0.3) is 0 Å². The highest BCUT2D eigenvalue weighted by Gasteiger charge is 2.13. The van der Waals surface area contributed by atoms with Crippen LogP contribution in [0.5, 0.6) is 0 Å². The van der Waals surface area contributed by atoms with E-state index < -0.39 is 0 Å². The number of unbranched alkanes of at least 4 members (excludes halogenated alkanes) is 1. The zero-order valence-electron chi connectivity index (χ0n) is 11.9. The molecule has 0 aliphatic carbocycles. The molecule has 1 aliphatic rings. The molecule has 1 aromatic rings. The molecule has 1 saturated heterocycles. The molecule has 3 heteroatoms. The van der Waals surface area contributed by atoms with Crippen molar-refractivity contribution in [3.8, 4) is 0 Å². The summed E-state index contributed by atoms with van der Waals surface area (Å²) in [4.78, 5) is 2.37. The van der Waals surface area contributed by atoms with E-state index >= 15 is 0 Å². The normalized spacial score (nSPS) is 16.9. The Morgan fingerprint density at radius 2 is 1.84 bits per heavy atom. The Morgan fingerprint density at radius 3 is 2.58 bits per heavy atom. The van der Waals surface area contributed by atoms with E-state index in [-0.39, 0.29) is 6.29 Å². The van der Waals surface area contributed by atoms with Crippen molar-refractivity contribution in [2.75, 3.05) is 26.8 Å². The first-order chi connectivity index (χ1) is 9.34. The first kappa shape index (κ1) is 14.5. The van der Waals surface area contributed by atoms with E-state index in [1.807, 2.05) is 0 Å². The van der Waals surface area contributed by atoms with Crippen molar-refractivity contribution in [3.05, 3.63) is 35.9 Å². The molecule has 0 aromatic heterocycles. The molecule has 2 rings (SSSR count). The molecule has 3 nitrogen and oxygen atoms in total. The van der Waals surface area contributed by atoms with Gasteiger partial charge in [0.15, 0.2) is 6.29 Å². The van der Waals surface area contributed by atoms with Gasteiger partial charge in [-0.2, -0.15) is 0 Å². The van der Waals surface area contributed by atoms with Crippen molar-refractivity contribution in [3.63, 3.8) is 0 Å². The lowest BCUT2D eigenvalue weighted by atomic mass is 10.2. The Labute approximate surface area is 116 Å². The van der Waals surface area contributed by atoms with E-state index in [4.69, 9.17) is 9.47 Å². The van der Waals surface area contributed by atoms with Crippen LogP contribution in [0.15, 0.2) is 30.3 Å². The van der Waals surface area contributed by atoms with Gasteiger partial charge in [-0.1, -0.05) is 30.3 Å². The molecular weight excluding hydrogens is 238 g/mol. The minimum atomic E-state index is 0.0492. The first-order valence-corrected chi connectivity index (χ1v) is 7.30. The molecule has 0 unspecified atom stereocenters. The summed E-state index contributed by atoms with van der Waals surface area (Å²) in [6.07, 6.45) is 4.49. The summed E-state index contributed by atoms with van der Waals surface area (Å²) in [5.74, 6) is 0. The monoisotopic (exact) mass is 263 g/mol. The van der Waals surface area contributed by atoms with Crippen LogP contribution in [-0.4, -0.2) is 38.0 Å². The molecule has 1 heterocycles. The maximum atomic E-state index is 5.54. The van der Waals surface area contributed by atoms with E-state index in [1.165, 1.54) is 18.4 Å². The fraction of sp³-hybridized carbons (Fsp3) is 0.625. The molecule has 106 valence electrons. The minimum absolute atomic E-state index is 0.0492. The summed E-state index contributed by atoms with van der Waals surface area (Å²) in [7, 11) is 2.18. The van der Waals surface area contributed by atoms with Gasteiger partial charge >= 0.3 is 0 Å². The lowest BCUT2D eigenvalue weighted by Gasteiger charge is -2.23. The second-order valence-corrected chi connectivity index (χ2v) is 5.24. The van der Waals surface area contributed by atoms with E-state index in [2.05, 4.69) is 42.3 Å². The van der Waals surface area contributed by atoms with Crippen molar-refractivity contribution < 1.29 is 9.47 Å². The van der Waals surface area contributed by atoms with Crippen LogP contribution >= 0.6 is 0 Å². The van der Waals surface area contributed by atoms with Gasteiger partial charge in [0.25, 0.3) is 0 Å². The Kier molecular flexibility index (Phi) is 6.34. The molecule has 1 fully saturated rings. The van der Waals surface area contributed by atoms with Gasteiger partial charge < -0.3 is 14.4 Å². The molecule has 0 N–H and O–H groups in total. The van der Waals surface area contributed by atoms with Gasteiger partial charge in [0.2, 0.25) is 0 Å². The zero-order valence-corrected chi connectivity index (χ0v) is 11.9. The Hall–Kier alpha value is -0.900. The summed E-state index contributed by atoms with van der Waals surface area (Å²) < 4.78 is 11.1. The summed E-state index contributed by atoms with van der Waals surface area (Å²) >= 11 is 0. The summed E-state index contributed by atoms with van der Waals surface area (Å²) in [5.41, 5.74) is 1.38. The predicted octanol–water partition coefficient (Wildman–Crippen LogP) is 3.05. The summed E-state index contributed by atoms with van der Waals surface area (Å²) in [6.45, 7) is 3.87. The van der Waals surface area contributed by atoms with Gasteiger partial charge in [-0.05, 0) is 44.8 Å². The molecule has 0 bridgehead atoms. The number of ether oxygens (including phenoxy) is 2. The molecular formula is C16H25NO2. The maximum Gasteiger partial charge on any atom is 0.157 e. The van der Waals surface area contributed by atoms with Crippen LogP contribution in [0.4, 0.5) is 0 Å². The van der Waals surface area contributed by atoms with E-state index in [9.17, 15) is 0 Å². The van der Waals surface area contributed by atoms with Crippen LogP contribution in [0.3, 0.4) is 0 Å². The molecule has 0 radical (unpaired) electrons. The summed E-state index contributed by atoms with van der Waals surface area (Å²) in [5, 5.41) is 0. The largest absolute Gasteiger partial charge is 0.353 e. The SMILES string of the molecule is CN(CCCCC1OCCCO1)Cc1ccccc1. The minimum Gasteiger partial charge on any atom is -0.353 e. The van der Waals surface area contributed by atoms with Gasteiger partial charge in [-0.15, -0.1) is 0 Å². The van der Waals surface area contributed by atoms with Crippen molar-refractivity contribution in [2.24, 2.45) is 0 Å². The number of hydrogen-bond donors (Lipinski definition) is 0. The van der Waals surface area contributed by atoms with E-state index in [0.29, 0.717) is 0 Å². The average Bonchev–Trinajstić information content (AvgIpc) is 2.46. The van der Waals surface area contributed by atoms with Crippen LogP contribution in [0, 0.1) is 0 Å². The quantitative estimate of drug-likeness (QED) is 0.706. The first-order valence-electron chi connectivity index (χ1n) is 7.30. The van der Waals surface area contributed by atoms with E-state index in [0.717, 1.165) is 39.1 Å². The smallest absolute Gasteiger partial charge is 0.157 e. The van der Waals surface area contributed by atoms with Crippen LogP contribution < -0.4 is 0 Å². The van der Waals surface area contributed by atoms with Gasteiger partial charge in [-0.3, -0.25) is 0 Å². The predicted molar refractivity (Wildman–Crippen MR) is 76.9 cm³/mol. The van der Waals surface area contributed by atoms with Crippen LogP contribution in [0.1, 0.15) is 31.2 Å². The van der Waals surface area contributed by atoms with Gasteiger partial charge in [0.1, 0.15) is 0 Å². The van der Waals surface area contributed by atoms with Crippen molar-refractivity contribution >= 4 is 0 Å². The highest BCUT2D eigenvalue weighted by Crippen LogP contribution is 2.12. The topological polar surface area (TPSA) is 21.7 Å². The second kappa shape index (κ2) is 8.31. The molecule has 19 heavy (non-hydrogen) atoms. The fourth-order valence-corrected chi connectivity index (χ4v) is 2.37. The van der Waals surface area contributed by atoms with Crippen LogP contribution in [-0.2, 0) is 16.0 Å². The molecule has 0 atom stereocenters. The lowest BCUT2D eigenvalue weighted by Crippen LogP contribution is -2.25. The molecule has 1 aromatic carbocycles. The Balaban J connectivity index is 1.55. The lowest BCUT2D eigenvalue weighted by molar-refractivity contribution is -0.181. The standard InChI is InChI=1S/C16H25NO2/c1-17(14-15-8-3-2-4-9-15)11-6-5-10-16-18-12-7-13-19-16/h2-4,8-9,16H,5-7,10-14H2,1H3. The number of nitrogens with zero attached hydrogens (tertiary/aromatic N) is 1. The highest BCUT2D eigenvalue weighted by molar-refractivity contribution is 5.14. The maximum absolute atomic E-state index is 5.54. The highest BCUT2D eigenvalue weighted by atomic mass is 16.7. The van der Waals surface area contributed by atoms with Gasteiger partial charge in [-0.25, -0.2) is 0 Å². The van der Waals surface area contributed by atoms with Crippen molar-refractivity contribution in [2.45, 2.75) is 38.5 Å². The van der Waals surface area contributed by atoms with E-state index in [1.54, 1.807) is 0 Å². The van der Waals surface area contributed by atoms with Crippen molar-refractivity contribution in [1.29, 1.82) is 0 Å². The third-order valence-electron chi connectivity index (χ3n) is 3.42. The molecule has 1 aliphatic heterocycles. The second-order valence-electron chi connectivity index (χ2n) is 5.24. The number of hydrogen-bond acceptors (Lipinski definition) is 3. The third-order valence-corrected chi connectivity index (χ3v) is 3.42. The van der Waals surface area contributed by atoms with Crippen molar-refractivity contribution in [1.82, 2.24) is 4.90 Å². The molecule has 0 amide bonds. The Bertz CT molecular complexity index is 336. The number of benzene rings is 1. The van der Waals surface area contributed by atoms with Gasteiger partial charge in [0, 0.05) is 6.54 Å².